The van der Waals surface area contributed by atoms with Gasteiger partial charge < -0.3 is 9.84 Å². The summed E-state index contributed by atoms with van der Waals surface area (Å²) in [6.45, 7) is 1.95. The minimum atomic E-state index is -0.994. The fourth-order valence-electron chi connectivity index (χ4n) is 4.23. The zero-order valence-electron chi connectivity index (χ0n) is 16.0. The number of nitrogens with zero attached hydrogens (tertiary/aromatic N) is 3. The first-order valence-electron chi connectivity index (χ1n) is 9.69. The summed E-state index contributed by atoms with van der Waals surface area (Å²) in [5, 5.41) is 6.93. The van der Waals surface area contributed by atoms with E-state index in [1.54, 1.807) is 0 Å². The van der Waals surface area contributed by atoms with Crippen molar-refractivity contribution in [3.05, 3.63) is 71.1 Å². The first-order chi connectivity index (χ1) is 14.1. The van der Waals surface area contributed by atoms with Crippen LogP contribution in [0.4, 0.5) is 4.79 Å². The van der Waals surface area contributed by atoms with E-state index in [2.05, 4.69) is 15.5 Å². The lowest BCUT2D eigenvalue weighted by Gasteiger charge is -2.33. The molecule has 2 aliphatic rings. The van der Waals surface area contributed by atoms with Crippen molar-refractivity contribution in [3.8, 4) is 11.4 Å². The van der Waals surface area contributed by atoms with E-state index in [1.807, 2.05) is 55.5 Å². The number of hydrogen-bond donors (Lipinski definition) is 1. The zero-order chi connectivity index (χ0) is 20.0. The molecule has 29 heavy (non-hydrogen) atoms. The quantitative estimate of drug-likeness (QED) is 0.696. The molecule has 0 radical (unpaired) electrons. The minimum absolute atomic E-state index is 0.0482. The van der Waals surface area contributed by atoms with Crippen molar-refractivity contribution in [1.29, 1.82) is 0 Å². The van der Waals surface area contributed by atoms with Crippen LogP contribution in [-0.4, -0.2) is 27.0 Å². The molecule has 2 aromatic carbocycles. The van der Waals surface area contributed by atoms with E-state index in [0.717, 1.165) is 35.1 Å². The Morgan fingerprint density at radius 1 is 1.14 bits per heavy atom. The van der Waals surface area contributed by atoms with E-state index in [9.17, 15) is 9.59 Å². The monoisotopic (exact) mass is 388 g/mol. The molecule has 2 heterocycles. The number of fused-ring (bicyclic) bond motifs is 2. The van der Waals surface area contributed by atoms with Crippen LogP contribution in [0.15, 0.2) is 53.1 Å². The molecule has 1 aliphatic carbocycles. The second-order valence-corrected chi connectivity index (χ2v) is 7.62. The smallest absolute Gasteiger partial charge is 0.325 e. The Morgan fingerprint density at radius 2 is 1.93 bits per heavy atom. The number of carbonyl (C=O) groups is 2. The Balaban J connectivity index is 1.42. The molecule has 7 nitrogen and oxygen atoms in total. The van der Waals surface area contributed by atoms with E-state index in [4.69, 9.17) is 4.52 Å². The summed E-state index contributed by atoms with van der Waals surface area (Å²) in [5.41, 5.74) is 2.95. The summed E-state index contributed by atoms with van der Waals surface area (Å²) in [4.78, 5) is 31.6. The fraction of sp³-hybridized carbons (Fsp3) is 0.273. The van der Waals surface area contributed by atoms with E-state index in [-0.39, 0.29) is 18.3 Å². The Kier molecular flexibility index (Phi) is 3.97. The van der Waals surface area contributed by atoms with Crippen LogP contribution in [-0.2, 0) is 23.3 Å². The van der Waals surface area contributed by atoms with Gasteiger partial charge in [0.15, 0.2) is 0 Å². The molecule has 1 atom stereocenters. The van der Waals surface area contributed by atoms with Crippen molar-refractivity contribution in [3.63, 3.8) is 0 Å². The maximum atomic E-state index is 13.3. The largest absolute Gasteiger partial charge is 0.337 e. The SMILES string of the molecule is Cc1ccc(-c2noc(CN3C(=O)N[C@]4(CCCc5ccccc54)C3=O)n2)cc1. The maximum absolute atomic E-state index is 13.3. The number of nitrogens with one attached hydrogen (secondary N) is 1. The lowest BCUT2D eigenvalue weighted by molar-refractivity contribution is -0.132. The summed E-state index contributed by atoms with van der Waals surface area (Å²) in [5.74, 6) is 0.403. The number of amides is 3. The van der Waals surface area contributed by atoms with E-state index in [1.165, 1.54) is 4.90 Å². The molecule has 0 unspecified atom stereocenters. The third-order valence-electron chi connectivity index (χ3n) is 5.72. The number of aromatic nitrogens is 2. The third kappa shape index (κ3) is 2.81. The van der Waals surface area contributed by atoms with Crippen LogP contribution in [0.3, 0.4) is 0 Å². The van der Waals surface area contributed by atoms with Crippen LogP contribution in [0, 0.1) is 6.92 Å². The van der Waals surface area contributed by atoms with Gasteiger partial charge in [-0.25, -0.2) is 4.79 Å². The molecule has 3 amide bonds. The van der Waals surface area contributed by atoms with Crippen LogP contribution < -0.4 is 5.32 Å². The summed E-state index contributed by atoms with van der Waals surface area (Å²) in [7, 11) is 0. The van der Waals surface area contributed by atoms with E-state index < -0.39 is 11.6 Å². The van der Waals surface area contributed by atoms with Gasteiger partial charge in [-0.1, -0.05) is 59.3 Å². The standard InChI is InChI=1S/C22H20N4O3/c1-14-8-10-16(11-9-14)19-23-18(29-25-19)13-26-20(27)22(24-21(26)28)12-4-6-15-5-2-3-7-17(15)22/h2-3,5,7-11H,4,6,12-13H2,1H3,(H,24,28)/t22-/m0/s1. The predicted molar refractivity (Wildman–Crippen MR) is 105 cm³/mol. The Morgan fingerprint density at radius 3 is 2.76 bits per heavy atom. The van der Waals surface area contributed by atoms with Crippen LogP contribution in [0.2, 0.25) is 0 Å². The van der Waals surface area contributed by atoms with Gasteiger partial charge in [0.2, 0.25) is 11.7 Å². The molecule has 1 spiro atoms. The van der Waals surface area contributed by atoms with Gasteiger partial charge in [-0.2, -0.15) is 4.98 Å². The first-order valence-corrected chi connectivity index (χ1v) is 9.69. The van der Waals surface area contributed by atoms with Gasteiger partial charge in [0.1, 0.15) is 12.1 Å². The highest BCUT2D eigenvalue weighted by molar-refractivity contribution is 6.07. The van der Waals surface area contributed by atoms with Crippen molar-refractivity contribution in [2.24, 2.45) is 0 Å². The third-order valence-corrected chi connectivity index (χ3v) is 5.72. The van der Waals surface area contributed by atoms with Crippen LogP contribution >= 0.6 is 0 Å². The molecule has 1 N–H and O–H groups in total. The molecule has 5 rings (SSSR count). The molecule has 1 aliphatic heterocycles. The molecule has 7 heteroatoms. The summed E-state index contributed by atoms with van der Waals surface area (Å²) >= 11 is 0. The lowest BCUT2D eigenvalue weighted by Crippen LogP contribution is -2.46. The van der Waals surface area contributed by atoms with Gasteiger partial charge in [-0.15, -0.1) is 0 Å². The van der Waals surface area contributed by atoms with E-state index in [0.29, 0.717) is 12.2 Å². The lowest BCUT2D eigenvalue weighted by atomic mass is 9.76. The van der Waals surface area contributed by atoms with Gasteiger partial charge in [0.25, 0.3) is 5.91 Å². The molecule has 1 saturated heterocycles. The number of aryl methyl sites for hydroxylation is 2. The topological polar surface area (TPSA) is 88.3 Å². The number of carbonyl (C=O) groups excluding carboxylic acids is 2. The highest BCUT2D eigenvalue weighted by atomic mass is 16.5. The van der Waals surface area contributed by atoms with Gasteiger partial charge in [0, 0.05) is 5.56 Å². The molecule has 146 valence electrons. The summed E-state index contributed by atoms with van der Waals surface area (Å²) in [6, 6.07) is 15.1. The number of benzene rings is 2. The average molecular weight is 388 g/mol. The molecule has 0 saturated carbocycles. The van der Waals surface area contributed by atoms with Crippen LogP contribution in [0.25, 0.3) is 11.4 Å². The number of urea groups is 1. The second kappa shape index (κ2) is 6.55. The molecular weight excluding hydrogens is 368 g/mol. The van der Waals surface area contributed by atoms with Crippen molar-refractivity contribution >= 4 is 11.9 Å². The average Bonchev–Trinajstić information content (AvgIpc) is 3.29. The molecular formula is C22H20N4O3. The fourth-order valence-corrected chi connectivity index (χ4v) is 4.23. The second-order valence-electron chi connectivity index (χ2n) is 7.62. The highest BCUT2D eigenvalue weighted by Gasteiger charge is 2.54. The predicted octanol–water partition coefficient (Wildman–Crippen LogP) is 3.33. The van der Waals surface area contributed by atoms with Gasteiger partial charge >= 0.3 is 6.03 Å². The molecule has 1 aromatic heterocycles. The van der Waals surface area contributed by atoms with Crippen LogP contribution in [0.1, 0.15) is 35.4 Å². The minimum Gasteiger partial charge on any atom is -0.337 e. The Labute approximate surface area is 167 Å². The number of imide groups is 1. The molecule has 0 bridgehead atoms. The van der Waals surface area contributed by atoms with Gasteiger partial charge in [0.05, 0.1) is 0 Å². The Bertz CT molecular complexity index is 1110. The zero-order valence-corrected chi connectivity index (χ0v) is 16.0. The summed E-state index contributed by atoms with van der Waals surface area (Å²) in [6.07, 6.45) is 2.34. The van der Waals surface area contributed by atoms with Crippen molar-refractivity contribution in [2.45, 2.75) is 38.3 Å². The van der Waals surface area contributed by atoms with Crippen molar-refractivity contribution in [1.82, 2.24) is 20.4 Å². The number of rotatable bonds is 3. The Hall–Kier alpha value is -3.48. The van der Waals surface area contributed by atoms with Crippen LogP contribution in [0.5, 0.6) is 0 Å². The van der Waals surface area contributed by atoms with Gasteiger partial charge in [-0.3, -0.25) is 9.69 Å². The van der Waals surface area contributed by atoms with Crippen molar-refractivity contribution < 1.29 is 14.1 Å². The summed E-state index contributed by atoms with van der Waals surface area (Å²) < 4.78 is 5.32. The highest BCUT2D eigenvalue weighted by Crippen LogP contribution is 2.40. The normalized spacial score (nSPS) is 20.8. The molecule has 1 fully saturated rings. The van der Waals surface area contributed by atoms with Crippen molar-refractivity contribution in [2.75, 3.05) is 0 Å². The maximum Gasteiger partial charge on any atom is 0.325 e. The molecule has 3 aromatic rings. The van der Waals surface area contributed by atoms with Gasteiger partial charge in [-0.05, 0) is 37.3 Å². The number of hydrogen-bond acceptors (Lipinski definition) is 5. The van der Waals surface area contributed by atoms with E-state index >= 15 is 0 Å². The first kappa shape index (κ1) is 17.6.